The number of hydrogen-bond donors (Lipinski definition) is 0. The van der Waals surface area contributed by atoms with Crippen molar-refractivity contribution in [3.8, 4) is 0 Å². The summed E-state index contributed by atoms with van der Waals surface area (Å²) in [5, 5.41) is 0. The first-order valence-electron chi connectivity index (χ1n) is 8.51. The molecule has 0 amide bonds. The van der Waals surface area contributed by atoms with Gasteiger partial charge < -0.3 is 8.85 Å². The lowest BCUT2D eigenvalue weighted by molar-refractivity contribution is 0.0739. The monoisotopic (exact) mass is 297 g/mol. The van der Waals surface area contributed by atoms with Crippen molar-refractivity contribution in [3.63, 3.8) is 0 Å². The van der Waals surface area contributed by atoms with Crippen LogP contribution in [0.15, 0.2) is 0 Å². The Kier molecular flexibility index (Phi) is 4.29. The van der Waals surface area contributed by atoms with Crippen LogP contribution in [0.4, 0.5) is 0 Å². The van der Waals surface area contributed by atoms with Gasteiger partial charge in [0.05, 0.1) is 0 Å². The van der Waals surface area contributed by atoms with Gasteiger partial charge in [0.2, 0.25) is 0 Å². The van der Waals surface area contributed by atoms with E-state index in [9.17, 15) is 0 Å². The molecule has 2 bridgehead atoms. The third kappa shape index (κ3) is 2.19. The van der Waals surface area contributed by atoms with Crippen LogP contribution in [-0.2, 0) is 8.85 Å². The molecular weight excluding hydrogens is 266 g/mol. The summed E-state index contributed by atoms with van der Waals surface area (Å²) in [6.45, 7) is 4.76. The van der Waals surface area contributed by atoms with Gasteiger partial charge in [0.25, 0.3) is 0 Å². The van der Waals surface area contributed by atoms with E-state index < -0.39 is 8.72 Å². The molecule has 0 radical (unpaired) electrons. The van der Waals surface area contributed by atoms with Gasteiger partial charge in [0, 0.05) is 31.8 Å². The average Bonchev–Trinajstić information content (AvgIpc) is 3.06. The fourth-order valence-electron chi connectivity index (χ4n) is 5.52. The molecule has 0 spiro atoms. The Labute approximate surface area is 125 Å². The molecule has 5 atom stereocenters. The summed E-state index contributed by atoms with van der Waals surface area (Å²) in [5.41, 5.74) is 0.694. The Hall–Kier alpha value is 0.0969. The molecule has 1 aliphatic heterocycles. The lowest BCUT2D eigenvalue weighted by Gasteiger charge is -2.51. The zero-order valence-corrected chi connectivity index (χ0v) is 14.6. The highest BCUT2D eigenvalue weighted by atomic mass is 28.4. The maximum atomic E-state index is 6.25. The predicted molar refractivity (Wildman–Crippen MR) is 83.6 cm³/mol. The summed E-state index contributed by atoms with van der Waals surface area (Å²) in [6.07, 6.45) is 9.60. The van der Waals surface area contributed by atoms with Crippen LogP contribution >= 0.6 is 0 Å². The number of piperidine rings is 1. The standard InChI is InChI=1S/C16H31NO2Si/c1-12-6-5-7-13(2)17(12)20(18-3,19-4)16-11-14-8-9-15(16)10-14/h12-16H,5-11H2,1-4H3. The molecule has 3 nitrogen and oxygen atoms in total. The summed E-state index contributed by atoms with van der Waals surface area (Å²) < 4.78 is 15.2. The molecule has 1 heterocycles. The quantitative estimate of drug-likeness (QED) is 0.739. The summed E-state index contributed by atoms with van der Waals surface area (Å²) in [6, 6.07) is 1.23. The minimum absolute atomic E-state index is 0.615. The van der Waals surface area contributed by atoms with Crippen molar-refractivity contribution in [1.29, 1.82) is 0 Å². The Morgan fingerprint density at radius 1 is 0.900 bits per heavy atom. The van der Waals surface area contributed by atoms with Crippen molar-refractivity contribution in [1.82, 2.24) is 4.57 Å². The minimum Gasteiger partial charge on any atom is -0.386 e. The maximum Gasteiger partial charge on any atom is 0.431 e. The first-order chi connectivity index (χ1) is 9.62. The van der Waals surface area contributed by atoms with Crippen molar-refractivity contribution >= 4 is 8.72 Å². The van der Waals surface area contributed by atoms with Gasteiger partial charge in [-0.05, 0) is 57.8 Å². The van der Waals surface area contributed by atoms with Gasteiger partial charge in [-0.15, -0.1) is 0 Å². The fraction of sp³-hybridized carbons (Fsp3) is 1.00. The molecule has 0 N–H and O–H groups in total. The van der Waals surface area contributed by atoms with Crippen LogP contribution < -0.4 is 0 Å². The molecule has 1 saturated heterocycles. The lowest BCUT2D eigenvalue weighted by Crippen LogP contribution is -2.67. The summed E-state index contributed by atoms with van der Waals surface area (Å²) in [7, 11) is 1.57. The Balaban J connectivity index is 1.90. The predicted octanol–water partition coefficient (Wildman–Crippen LogP) is 3.67. The van der Waals surface area contributed by atoms with E-state index in [1.54, 1.807) is 0 Å². The second kappa shape index (κ2) is 5.71. The first-order valence-corrected chi connectivity index (χ1v) is 10.3. The van der Waals surface area contributed by atoms with Crippen LogP contribution in [0.2, 0.25) is 5.54 Å². The Morgan fingerprint density at radius 3 is 2.00 bits per heavy atom. The van der Waals surface area contributed by atoms with E-state index >= 15 is 0 Å². The Morgan fingerprint density at radius 2 is 1.55 bits per heavy atom. The second-order valence-corrected chi connectivity index (χ2v) is 10.7. The third-order valence-corrected chi connectivity index (χ3v) is 10.8. The highest BCUT2D eigenvalue weighted by Gasteiger charge is 2.60. The van der Waals surface area contributed by atoms with E-state index in [0.717, 1.165) is 11.8 Å². The molecule has 2 aliphatic carbocycles. The second-order valence-electron chi connectivity index (χ2n) is 7.36. The summed E-state index contributed by atoms with van der Waals surface area (Å²) in [5.74, 6) is 1.82. The molecule has 2 saturated carbocycles. The van der Waals surface area contributed by atoms with Gasteiger partial charge in [-0.1, -0.05) is 12.8 Å². The molecule has 20 heavy (non-hydrogen) atoms. The van der Waals surface area contributed by atoms with Crippen LogP contribution in [0, 0.1) is 11.8 Å². The van der Waals surface area contributed by atoms with Crippen LogP contribution in [0.1, 0.15) is 58.8 Å². The average molecular weight is 298 g/mol. The van der Waals surface area contributed by atoms with Crippen LogP contribution in [0.3, 0.4) is 0 Å². The van der Waals surface area contributed by atoms with E-state index in [0.29, 0.717) is 17.6 Å². The zero-order valence-electron chi connectivity index (χ0n) is 13.6. The van der Waals surface area contributed by atoms with Gasteiger partial charge in [-0.3, -0.25) is 4.57 Å². The van der Waals surface area contributed by atoms with E-state index in [1.165, 1.54) is 44.9 Å². The molecule has 4 heteroatoms. The van der Waals surface area contributed by atoms with Crippen LogP contribution in [0.5, 0.6) is 0 Å². The van der Waals surface area contributed by atoms with Gasteiger partial charge >= 0.3 is 8.72 Å². The number of fused-ring (bicyclic) bond motifs is 2. The van der Waals surface area contributed by atoms with Crippen molar-refractivity contribution in [2.75, 3.05) is 14.2 Å². The molecule has 3 rings (SSSR count). The largest absolute Gasteiger partial charge is 0.431 e. The number of rotatable bonds is 4. The lowest BCUT2D eigenvalue weighted by atomic mass is 10.00. The van der Waals surface area contributed by atoms with Crippen LogP contribution in [0.25, 0.3) is 0 Å². The SMILES string of the molecule is CO[Si](OC)(C1CC2CCC1C2)N1C(C)CCCC1C. The molecule has 0 aromatic rings. The van der Waals surface area contributed by atoms with E-state index in [2.05, 4.69) is 18.4 Å². The smallest absolute Gasteiger partial charge is 0.386 e. The van der Waals surface area contributed by atoms with Crippen molar-refractivity contribution < 1.29 is 8.85 Å². The topological polar surface area (TPSA) is 21.7 Å². The molecule has 0 aromatic carbocycles. The van der Waals surface area contributed by atoms with Gasteiger partial charge in [0.15, 0.2) is 0 Å². The van der Waals surface area contributed by atoms with Crippen molar-refractivity contribution in [2.45, 2.75) is 76.4 Å². The molecular formula is C16H31NO2Si. The molecule has 3 fully saturated rings. The first kappa shape index (κ1) is 15.0. The molecule has 5 unspecified atom stereocenters. The fourth-order valence-corrected chi connectivity index (χ4v) is 10.1. The van der Waals surface area contributed by atoms with Crippen molar-refractivity contribution in [3.05, 3.63) is 0 Å². The van der Waals surface area contributed by atoms with Gasteiger partial charge in [-0.2, -0.15) is 0 Å². The highest BCUT2D eigenvalue weighted by molar-refractivity contribution is 6.66. The van der Waals surface area contributed by atoms with Crippen molar-refractivity contribution in [2.24, 2.45) is 11.8 Å². The van der Waals surface area contributed by atoms with Gasteiger partial charge in [-0.25, -0.2) is 0 Å². The molecule has 116 valence electrons. The number of hydrogen-bond acceptors (Lipinski definition) is 3. The zero-order chi connectivity index (χ0) is 14.3. The molecule has 0 aromatic heterocycles. The normalized spacial score (nSPS) is 42.3. The maximum absolute atomic E-state index is 6.25. The van der Waals surface area contributed by atoms with E-state index in [-0.39, 0.29) is 0 Å². The molecule has 3 aliphatic rings. The third-order valence-electron chi connectivity index (χ3n) is 6.35. The number of nitrogens with zero attached hydrogens (tertiary/aromatic N) is 1. The van der Waals surface area contributed by atoms with E-state index in [1.807, 2.05) is 14.2 Å². The van der Waals surface area contributed by atoms with E-state index in [4.69, 9.17) is 8.85 Å². The Bertz CT molecular complexity index is 337. The minimum atomic E-state index is -2.26. The highest BCUT2D eigenvalue weighted by Crippen LogP contribution is 2.57. The summed E-state index contributed by atoms with van der Waals surface area (Å²) >= 11 is 0. The van der Waals surface area contributed by atoms with Gasteiger partial charge in [0.1, 0.15) is 0 Å². The summed E-state index contributed by atoms with van der Waals surface area (Å²) in [4.78, 5) is 0. The van der Waals surface area contributed by atoms with Crippen LogP contribution in [-0.4, -0.2) is 39.6 Å².